The van der Waals surface area contributed by atoms with E-state index >= 15 is 0 Å². The lowest BCUT2D eigenvalue weighted by Crippen LogP contribution is -2.40. The molecule has 0 amide bonds. The second-order valence-electron chi connectivity index (χ2n) is 6.91. The van der Waals surface area contributed by atoms with Gasteiger partial charge in [0, 0.05) is 12.1 Å². The van der Waals surface area contributed by atoms with Crippen LogP contribution in [0.25, 0.3) is 5.69 Å². The van der Waals surface area contributed by atoms with Crippen molar-refractivity contribution in [3.05, 3.63) is 76.2 Å². The van der Waals surface area contributed by atoms with Crippen molar-refractivity contribution in [1.82, 2.24) is 10.9 Å². The van der Waals surface area contributed by atoms with Crippen LogP contribution >= 0.6 is 0 Å². The van der Waals surface area contributed by atoms with Crippen LogP contribution in [0.5, 0.6) is 11.5 Å². The van der Waals surface area contributed by atoms with Crippen molar-refractivity contribution < 1.29 is 28.3 Å². The lowest BCUT2D eigenvalue weighted by molar-refractivity contribution is -0.671. The van der Waals surface area contributed by atoms with Gasteiger partial charge in [-0.3, -0.25) is 4.52 Å². The van der Waals surface area contributed by atoms with Crippen LogP contribution in [0.2, 0.25) is 0 Å². The molecule has 0 atom stereocenters. The van der Waals surface area contributed by atoms with Crippen LogP contribution in [0.1, 0.15) is 12.6 Å². The third-order valence-corrected chi connectivity index (χ3v) is 4.90. The molecule has 5 rings (SSSR count). The molecule has 0 radical (unpaired) electrons. The van der Waals surface area contributed by atoms with Crippen molar-refractivity contribution in [2.24, 2.45) is 15.2 Å². The van der Waals surface area contributed by atoms with Crippen LogP contribution in [0.3, 0.4) is 0 Å². The highest BCUT2D eigenvalue weighted by atomic mass is 16.7. The number of hydrogen-bond donors (Lipinski definition) is 2. The number of hydrogen-bond acceptors (Lipinski definition) is 11. The average Bonchev–Trinajstić information content (AvgIpc) is 3.58. The van der Waals surface area contributed by atoms with Crippen molar-refractivity contribution in [3.63, 3.8) is 0 Å². The SMILES string of the molecule is CCOc1ccc(-[n+]2[nH]oc(=O)c2C2=N/C(=C3/C(=O)ONN3c3ccc(OC)cc3)N=N2)cc1. The number of hydrazine groups is 1. The first kappa shape index (κ1) is 21.1. The third kappa shape index (κ3) is 3.69. The monoisotopic (exact) mass is 464 g/mol. The van der Waals surface area contributed by atoms with Gasteiger partial charge in [0.25, 0.3) is 5.84 Å². The number of aromatic nitrogens is 2. The minimum absolute atomic E-state index is 0.00108. The lowest BCUT2D eigenvalue weighted by atomic mass is 10.2. The quantitative estimate of drug-likeness (QED) is 0.412. The Morgan fingerprint density at radius 1 is 1.03 bits per heavy atom. The minimum atomic E-state index is -0.713. The number of amidine groups is 1. The summed E-state index contributed by atoms with van der Waals surface area (Å²) in [5, 5.41) is 11.9. The number of methoxy groups -OCH3 is 1. The fourth-order valence-electron chi connectivity index (χ4n) is 3.32. The number of benzene rings is 2. The zero-order valence-corrected chi connectivity index (χ0v) is 18.0. The molecule has 0 saturated carbocycles. The Kier molecular flexibility index (Phi) is 5.35. The van der Waals surface area contributed by atoms with Crippen LogP contribution in [0.4, 0.5) is 5.69 Å². The molecule has 2 aliphatic heterocycles. The highest BCUT2D eigenvalue weighted by Crippen LogP contribution is 2.29. The van der Waals surface area contributed by atoms with E-state index in [0.717, 1.165) is 0 Å². The van der Waals surface area contributed by atoms with E-state index in [9.17, 15) is 9.59 Å². The molecule has 34 heavy (non-hydrogen) atoms. The summed E-state index contributed by atoms with van der Waals surface area (Å²) in [6.45, 7) is 2.41. The van der Waals surface area contributed by atoms with Crippen molar-refractivity contribution in [3.8, 4) is 17.2 Å². The first-order valence-corrected chi connectivity index (χ1v) is 10.1. The summed E-state index contributed by atoms with van der Waals surface area (Å²) in [6.07, 6.45) is 0. The molecule has 0 spiro atoms. The maximum absolute atomic E-state index is 12.4. The molecule has 1 fully saturated rings. The normalized spacial score (nSPS) is 17.2. The Morgan fingerprint density at radius 3 is 2.47 bits per heavy atom. The van der Waals surface area contributed by atoms with Gasteiger partial charge in [0.1, 0.15) is 11.5 Å². The Balaban J connectivity index is 1.52. The molecule has 1 saturated heterocycles. The van der Waals surface area contributed by atoms with Crippen molar-refractivity contribution in [2.75, 3.05) is 18.7 Å². The molecule has 2 aromatic carbocycles. The smallest absolute Gasteiger partial charge is 0.439 e. The first-order valence-electron chi connectivity index (χ1n) is 10.1. The molecule has 0 unspecified atom stereocenters. The molecule has 0 bridgehead atoms. The molecule has 2 N–H and O–H groups in total. The summed E-state index contributed by atoms with van der Waals surface area (Å²) >= 11 is 0. The maximum atomic E-state index is 12.4. The summed E-state index contributed by atoms with van der Waals surface area (Å²) in [5.74, 6) is 0.522. The van der Waals surface area contributed by atoms with Crippen molar-refractivity contribution in [2.45, 2.75) is 6.92 Å². The number of ether oxygens (including phenoxy) is 2. The van der Waals surface area contributed by atoms with Gasteiger partial charge in [0.15, 0.2) is 5.70 Å². The number of azo groups is 1. The van der Waals surface area contributed by atoms with E-state index in [4.69, 9.17) is 18.8 Å². The van der Waals surface area contributed by atoms with Crippen molar-refractivity contribution in [1.29, 1.82) is 0 Å². The van der Waals surface area contributed by atoms with Gasteiger partial charge in [-0.1, -0.05) is 5.59 Å². The topological polar surface area (TPSA) is 147 Å². The van der Waals surface area contributed by atoms with Gasteiger partial charge >= 0.3 is 17.3 Å². The fourth-order valence-corrected chi connectivity index (χ4v) is 3.32. The van der Waals surface area contributed by atoms with E-state index < -0.39 is 11.6 Å². The van der Waals surface area contributed by atoms with Crippen molar-refractivity contribution >= 4 is 17.5 Å². The number of nitrogens with one attached hydrogen (secondary N) is 2. The molecule has 3 aromatic rings. The molecule has 3 heterocycles. The summed E-state index contributed by atoms with van der Waals surface area (Å²) in [7, 11) is 1.55. The molecule has 13 nitrogen and oxygen atoms in total. The number of carbonyl (C=O) groups is 1. The third-order valence-electron chi connectivity index (χ3n) is 4.90. The largest absolute Gasteiger partial charge is 0.497 e. The van der Waals surface area contributed by atoms with E-state index in [1.807, 2.05) is 6.92 Å². The molecule has 2 aliphatic rings. The van der Waals surface area contributed by atoms with Crippen LogP contribution in [0.15, 0.2) is 84.6 Å². The molecule has 172 valence electrons. The van der Waals surface area contributed by atoms with Crippen LogP contribution in [0, 0.1) is 0 Å². The number of anilines is 1. The standard InChI is InChI=1S/C21H17N7O6/c1-3-32-15-10-6-13(7-11-15)28-17(21(30)34-26-28)19-22-18(23-24-19)16-20(29)33-25-27(16)12-4-8-14(31-2)9-5-12/h4-11H,3H2,1-2H3,(H-,22,25,26,29,30)/p+1. The van der Waals surface area contributed by atoms with E-state index in [1.165, 1.54) is 9.69 Å². The second-order valence-corrected chi connectivity index (χ2v) is 6.91. The maximum Gasteiger partial charge on any atom is 0.439 e. The fraction of sp³-hybridized carbons (Fsp3) is 0.143. The van der Waals surface area contributed by atoms with Gasteiger partial charge < -0.3 is 14.3 Å². The van der Waals surface area contributed by atoms with Crippen LogP contribution in [-0.2, 0) is 9.63 Å². The summed E-state index contributed by atoms with van der Waals surface area (Å²) in [5.41, 5.74) is 2.94. The van der Waals surface area contributed by atoms with Crippen LogP contribution in [-0.4, -0.2) is 30.8 Å². The lowest BCUT2D eigenvalue weighted by Gasteiger charge is -2.15. The van der Waals surface area contributed by atoms with Crippen LogP contribution < -0.4 is 30.4 Å². The van der Waals surface area contributed by atoms with E-state index in [1.54, 1.807) is 55.6 Å². The molecular weight excluding hydrogens is 446 g/mol. The number of rotatable bonds is 6. The van der Waals surface area contributed by atoms with Gasteiger partial charge in [-0.25, -0.2) is 14.6 Å². The average molecular weight is 464 g/mol. The molecule has 13 heteroatoms. The number of aromatic amines is 1. The van der Waals surface area contributed by atoms with E-state index in [-0.39, 0.29) is 23.0 Å². The Bertz CT molecular complexity index is 1390. The predicted octanol–water partition coefficient (Wildman–Crippen LogP) is 1.52. The summed E-state index contributed by atoms with van der Waals surface area (Å²) in [4.78, 5) is 34.1. The zero-order valence-electron chi connectivity index (χ0n) is 18.0. The number of H-pyrrole nitrogens is 1. The highest BCUT2D eigenvalue weighted by molar-refractivity contribution is 6.00. The summed E-state index contributed by atoms with van der Waals surface area (Å²) in [6, 6.07) is 13.8. The van der Waals surface area contributed by atoms with Gasteiger partial charge in [0.05, 0.1) is 19.4 Å². The number of nitrogens with zero attached hydrogens (tertiary/aromatic N) is 5. The number of carbonyl (C=O) groups excluding carboxylic acids is 1. The summed E-state index contributed by atoms with van der Waals surface area (Å²) < 4.78 is 16.9. The van der Waals surface area contributed by atoms with E-state index in [0.29, 0.717) is 29.5 Å². The van der Waals surface area contributed by atoms with Gasteiger partial charge in [-0.2, -0.15) is 4.99 Å². The first-order chi connectivity index (χ1) is 16.6. The van der Waals surface area contributed by atoms with E-state index in [2.05, 4.69) is 26.1 Å². The Hall–Kier alpha value is -4.78. The molecule has 0 aliphatic carbocycles. The molecular formula is C21H18N7O6+. The van der Waals surface area contributed by atoms with Gasteiger partial charge in [-0.05, 0) is 53.3 Å². The minimum Gasteiger partial charge on any atom is -0.497 e. The highest BCUT2D eigenvalue weighted by Gasteiger charge is 2.37. The molecule has 1 aromatic heterocycles. The predicted molar refractivity (Wildman–Crippen MR) is 115 cm³/mol. The van der Waals surface area contributed by atoms with Gasteiger partial charge in [-0.15, -0.1) is 10.2 Å². The Morgan fingerprint density at radius 2 is 1.76 bits per heavy atom. The van der Waals surface area contributed by atoms with Gasteiger partial charge in [0.2, 0.25) is 11.5 Å². The Labute approximate surface area is 191 Å². The zero-order chi connectivity index (χ0) is 23.7. The number of aliphatic imine (C=N–C) groups is 1. The second kappa shape index (κ2) is 8.63.